The van der Waals surface area contributed by atoms with E-state index in [1.54, 1.807) is 4.90 Å². The molecule has 0 aromatic carbocycles. The number of amidine groups is 1. The number of carbonyl (C=O) groups is 2. The molecular weight excluding hydrogens is 172 g/mol. The number of amides is 3. The summed E-state index contributed by atoms with van der Waals surface area (Å²) >= 11 is 0. The molecule has 0 radical (unpaired) electrons. The molecule has 1 aliphatic heterocycles. The third-order valence-corrected chi connectivity index (χ3v) is 1.78. The molecule has 0 aromatic heterocycles. The Morgan fingerprint density at radius 3 is 2.69 bits per heavy atom. The molecular formula is C7H12N4O2. The lowest BCUT2D eigenvalue weighted by Gasteiger charge is -2.15. The fraction of sp³-hybridized carbons (Fsp3) is 0.571. The zero-order chi connectivity index (χ0) is 9.84. The average Bonchev–Trinajstić information content (AvgIpc) is 2.34. The van der Waals surface area contributed by atoms with E-state index in [1.807, 2.05) is 0 Å². The fourth-order valence-corrected chi connectivity index (χ4v) is 1.33. The summed E-state index contributed by atoms with van der Waals surface area (Å²) in [5.41, 5.74) is 9.91. The van der Waals surface area contributed by atoms with Crippen LogP contribution in [-0.2, 0) is 4.79 Å². The van der Waals surface area contributed by atoms with E-state index in [0.29, 0.717) is 18.8 Å². The summed E-state index contributed by atoms with van der Waals surface area (Å²) < 4.78 is 0. The second-order valence-corrected chi connectivity index (χ2v) is 2.86. The molecule has 1 aliphatic rings. The van der Waals surface area contributed by atoms with Crippen molar-refractivity contribution in [2.75, 3.05) is 13.1 Å². The van der Waals surface area contributed by atoms with Gasteiger partial charge in [0, 0.05) is 13.0 Å². The van der Waals surface area contributed by atoms with Crippen LogP contribution >= 0.6 is 0 Å². The predicted octanol–water partition coefficient (Wildman–Crippen LogP) is -0.955. The maximum Gasteiger partial charge on any atom is 0.339 e. The molecule has 0 aliphatic carbocycles. The summed E-state index contributed by atoms with van der Waals surface area (Å²) in [6.45, 7) is 0.807. The van der Waals surface area contributed by atoms with Gasteiger partial charge in [0.25, 0.3) is 0 Å². The number of hydrogen-bond acceptors (Lipinski definition) is 2. The smallest absolute Gasteiger partial charge is 0.339 e. The number of hydrogen-bond donors (Lipinski definition) is 2. The highest BCUT2D eigenvalue weighted by Crippen LogP contribution is 2.10. The van der Waals surface area contributed by atoms with Gasteiger partial charge in [-0.2, -0.15) is 4.99 Å². The first-order valence-electron chi connectivity index (χ1n) is 4.00. The van der Waals surface area contributed by atoms with Crippen LogP contribution in [0.2, 0.25) is 0 Å². The molecule has 4 N–H and O–H groups in total. The minimum Gasteiger partial charge on any atom is -0.368 e. The fourth-order valence-electron chi connectivity index (χ4n) is 1.33. The third-order valence-electron chi connectivity index (χ3n) is 1.78. The molecule has 1 heterocycles. The van der Waals surface area contributed by atoms with E-state index in [-0.39, 0.29) is 6.54 Å². The summed E-state index contributed by atoms with van der Waals surface area (Å²) in [5.74, 6) is 0.130. The van der Waals surface area contributed by atoms with Gasteiger partial charge in [-0.3, -0.25) is 4.79 Å². The molecule has 0 bridgehead atoms. The van der Waals surface area contributed by atoms with E-state index in [4.69, 9.17) is 11.5 Å². The van der Waals surface area contributed by atoms with Crippen molar-refractivity contribution in [1.82, 2.24) is 4.90 Å². The molecule has 0 saturated carbocycles. The van der Waals surface area contributed by atoms with Crippen LogP contribution in [0.25, 0.3) is 0 Å². The van der Waals surface area contributed by atoms with Gasteiger partial charge in [0.1, 0.15) is 5.84 Å². The van der Waals surface area contributed by atoms with Crippen molar-refractivity contribution in [1.29, 1.82) is 0 Å². The zero-order valence-corrected chi connectivity index (χ0v) is 7.19. The predicted molar refractivity (Wildman–Crippen MR) is 47.0 cm³/mol. The summed E-state index contributed by atoms with van der Waals surface area (Å²) in [6, 6.07) is -0.730. The number of likely N-dealkylation sites (tertiary alicyclic amines) is 1. The van der Waals surface area contributed by atoms with Crippen LogP contribution in [0.5, 0.6) is 0 Å². The number of aliphatic imine (C=N–C) groups is 1. The number of rotatable bonds is 2. The molecule has 1 saturated heterocycles. The van der Waals surface area contributed by atoms with Crippen LogP contribution in [0.15, 0.2) is 4.99 Å². The van der Waals surface area contributed by atoms with E-state index < -0.39 is 11.9 Å². The largest absolute Gasteiger partial charge is 0.368 e. The van der Waals surface area contributed by atoms with Gasteiger partial charge in [0.05, 0.1) is 6.54 Å². The number of carbonyl (C=O) groups excluding carboxylic acids is 2. The molecule has 0 atom stereocenters. The standard InChI is InChI=1S/C7H12N4O2/c8-5(12)4-11-3-1-2-6(11)10-7(9)13/h1-4H2,(H2,8,12)(H2,9,13). The number of nitrogens with zero attached hydrogens (tertiary/aromatic N) is 2. The Bertz CT molecular complexity index is 261. The highest BCUT2D eigenvalue weighted by atomic mass is 16.2. The normalized spacial score (nSPS) is 19.4. The zero-order valence-electron chi connectivity index (χ0n) is 7.19. The van der Waals surface area contributed by atoms with Crippen LogP contribution in [0.3, 0.4) is 0 Å². The van der Waals surface area contributed by atoms with Crippen LogP contribution in [0, 0.1) is 0 Å². The van der Waals surface area contributed by atoms with E-state index in [9.17, 15) is 9.59 Å². The molecule has 0 unspecified atom stereocenters. The van der Waals surface area contributed by atoms with Crippen LogP contribution < -0.4 is 11.5 Å². The van der Waals surface area contributed by atoms with Crippen LogP contribution in [0.4, 0.5) is 4.79 Å². The Labute approximate surface area is 75.6 Å². The van der Waals surface area contributed by atoms with E-state index >= 15 is 0 Å². The number of urea groups is 1. The quantitative estimate of drug-likeness (QED) is 0.578. The van der Waals surface area contributed by atoms with E-state index in [2.05, 4.69) is 4.99 Å². The second-order valence-electron chi connectivity index (χ2n) is 2.86. The third kappa shape index (κ3) is 2.73. The van der Waals surface area contributed by atoms with Gasteiger partial charge in [-0.1, -0.05) is 0 Å². The Morgan fingerprint density at radius 2 is 2.15 bits per heavy atom. The first-order valence-corrected chi connectivity index (χ1v) is 4.00. The van der Waals surface area contributed by atoms with Crippen molar-refractivity contribution in [2.24, 2.45) is 16.5 Å². The van der Waals surface area contributed by atoms with Crippen LogP contribution in [0.1, 0.15) is 12.8 Å². The van der Waals surface area contributed by atoms with E-state index in [1.165, 1.54) is 0 Å². The molecule has 1 fully saturated rings. The Morgan fingerprint density at radius 1 is 1.46 bits per heavy atom. The maximum absolute atomic E-state index is 10.6. The van der Waals surface area contributed by atoms with Crippen molar-refractivity contribution in [3.63, 3.8) is 0 Å². The minimum absolute atomic E-state index is 0.103. The Kier molecular flexibility index (Phi) is 2.84. The van der Waals surface area contributed by atoms with Gasteiger partial charge in [-0.05, 0) is 6.42 Å². The lowest BCUT2D eigenvalue weighted by molar-refractivity contribution is -0.118. The first-order chi connectivity index (χ1) is 6.09. The molecule has 13 heavy (non-hydrogen) atoms. The maximum atomic E-state index is 10.6. The molecule has 72 valence electrons. The summed E-state index contributed by atoms with van der Waals surface area (Å²) in [7, 11) is 0. The van der Waals surface area contributed by atoms with Crippen molar-refractivity contribution < 1.29 is 9.59 Å². The SMILES string of the molecule is NC(=O)CN1CCCC1=NC(N)=O. The van der Waals surface area contributed by atoms with Gasteiger partial charge >= 0.3 is 6.03 Å². The monoisotopic (exact) mass is 184 g/mol. The number of primary amides is 2. The minimum atomic E-state index is -0.730. The lowest BCUT2D eigenvalue weighted by Crippen LogP contribution is -2.35. The molecule has 1 rings (SSSR count). The van der Waals surface area contributed by atoms with Crippen molar-refractivity contribution in [3.05, 3.63) is 0 Å². The second kappa shape index (κ2) is 3.88. The van der Waals surface area contributed by atoms with Crippen molar-refractivity contribution in [3.8, 4) is 0 Å². The van der Waals surface area contributed by atoms with Gasteiger partial charge in [-0.25, -0.2) is 4.79 Å². The van der Waals surface area contributed by atoms with Gasteiger partial charge < -0.3 is 16.4 Å². The highest BCUT2D eigenvalue weighted by molar-refractivity contribution is 5.95. The van der Waals surface area contributed by atoms with Crippen LogP contribution in [-0.4, -0.2) is 35.8 Å². The Balaban J connectivity index is 2.63. The van der Waals surface area contributed by atoms with E-state index in [0.717, 1.165) is 6.42 Å². The summed E-state index contributed by atoms with van der Waals surface area (Å²) in [5, 5.41) is 0. The molecule has 3 amide bonds. The molecule has 0 spiro atoms. The first kappa shape index (κ1) is 9.50. The number of nitrogens with two attached hydrogens (primary N) is 2. The molecule has 0 aromatic rings. The summed E-state index contributed by atoms with van der Waals surface area (Å²) in [4.78, 5) is 26.3. The summed E-state index contributed by atoms with van der Waals surface area (Å²) in [6.07, 6.45) is 1.55. The van der Waals surface area contributed by atoms with Crippen molar-refractivity contribution >= 4 is 17.8 Å². The topological polar surface area (TPSA) is 102 Å². The highest BCUT2D eigenvalue weighted by Gasteiger charge is 2.20. The Hall–Kier alpha value is -1.59. The van der Waals surface area contributed by atoms with Gasteiger partial charge in [0.15, 0.2) is 0 Å². The van der Waals surface area contributed by atoms with Crippen molar-refractivity contribution in [2.45, 2.75) is 12.8 Å². The molecule has 6 heteroatoms. The van der Waals surface area contributed by atoms with Gasteiger partial charge in [0.2, 0.25) is 5.91 Å². The molecule has 6 nitrogen and oxygen atoms in total. The average molecular weight is 184 g/mol. The lowest BCUT2D eigenvalue weighted by atomic mass is 10.4. The van der Waals surface area contributed by atoms with Gasteiger partial charge in [-0.15, -0.1) is 0 Å².